The molecule has 0 aromatic heterocycles. The molecule has 0 radical (unpaired) electrons. The summed E-state index contributed by atoms with van der Waals surface area (Å²) >= 11 is 1.73. The Bertz CT molecular complexity index is 483. The quantitative estimate of drug-likeness (QED) is 0.641. The molecule has 4 nitrogen and oxygen atoms in total. The van der Waals surface area contributed by atoms with E-state index < -0.39 is 0 Å². The average molecular weight is 326 g/mol. The number of halogens is 1. The van der Waals surface area contributed by atoms with Crippen LogP contribution >= 0.6 is 11.8 Å². The zero-order chi connectivity index (χ0) is 15.8. The lowest BCUT2D eigenvalue weighted by Crippen LogP contribution is -2.46. The third-order valence-electron chi connectivity index (χ3n) is 3.52. The Morgan fingerprint density at radius 2 is 2.36 bits per heavy atom. The smallest absolute Gasteiger partial charge is 0.237 e. The summed E-state index contributed by atoms with van der Waals surface area (Å²) in [5, 5.41) is 6.19. The Balaban J connectivity index is 1.73. The Morgan fingerprint density at radius 3 is 3.05 bits per heavy atom. The van der Waals surface area contributed by atoms with Gasteiger partial charge in [0.2, 0.25) is 5.91 Å². The number of amides is 1. The number of nitrogens with one attached hydrogen (secondary N) is 2. The van der Waals surface area contributed by atoms with Crippen LogP contribution in [0.5, 0.6) is 0 Å². The molecule has 0 aliphatic carbocycles. The Morgan fingerprint density at radius 1 is 1.55 bits per heavy atom. The summed E-state index contributed by atoms with van der Waals surface area (Å²) in [5.41, 5.74) is 0.889. The molecule has 1 heterocycles. The minimum atomic E-state index is -0.243. The zero-order valence-corrected chi connectivity index (χ0v) is 13.6. The maximum atomic E-state index is 13.1. The van der Waals surface area contributed by atoms with Gasteiger partial charge in [-0.15, -0.1) is 0 Å². The van der Waals surface area contributed by atoms with E-state index in [-0.39, 0.29) is 23.9 Å². The third-order valence-corrected chi connectivity index (χ3v) is 4.17. The number of benzene rings is 1. The van der Waals surface area contributed by atoms with Crippen LogP contribution in [0.15, 0.2) is 24.3 Å². The molecule has 2 unspecified atom stereocenters. The summed E-state index contributed by atoms with van der Waals surface area (Å²) in [6, 6.07) is 6.28. The highest BCUT2D eigenvalue weighted by molar-refractivity contribution is 7.98. The topological polar surface area (TPSA) is 53.7 Å². The first-order valence-corrected chi connectivity index (χ1v) is 8.94. The van der Waals surface area contributed by atoms with Crippen molar-refractivity contribution < 1.29 is 13.9 Å². The molecule has 1 aliphatic rings. The molecule has 22 heavy (non-hydrogen) atoms. The number of hydrogen-bond donors (Lipinski definition) is 2. The molecule has 2 atom stereocenters. The van der Waals surface area contributed by atoms with Gasteiger partial charge in [-0.1, -0.05) is 12.1 Å². The van der Waals surface area contributed by atoms with Crippen LogP contribution in [0.4, 0.5) is 4.39 Å². The molecule has 2 rings (SSSR count). The van der Waals surface area contributed by atoms with Crippen LogP contribution < -0.4 is 10.6 Å². The second-order valence-corrected chi connectivity index (χ2v) is 6.35. The summed E-state index contributed by atoms with van der Waals surface area (Å²) in [6.07, 6.45) is 3.71. The standard InChI is InChI=1S/C16H23FN2O2S/c1-22-8-6-15(19-10-14-11-21-14)16(20)18-7-5-12-3-2-4-13(17)9-12/h2-4,9,14-15,19H,5-8,10-11H2,1H3,(H,18,20). The number of hydrogen-bond acceptors (Lipinski definition) is 4. The van der Waals surface area contributed by atoms with Gasteiger partial charge < -0.3 is 15.4 Å². The van der Waals surface area contributed by atoms with E-state index in [9.17, 15) is 9.18 Å². The fourth-order valence-corrected chi connectivity index (χ4v) is 2.64. The van der Waals surface area contributed by atoms with Gasteiger partial charge in [-0.2, -0.15) is 11.8 Å². The Labute approximate surface area is 135 Å². The van der Waals surface area contributed by atoms with Gasteiger partial charge in [0.05, 0.1) is 18.8 Å². The van der Waals surface area contributed by atoms with Gasteiger partial charge >= 0.3 is 0 Å². The maximum absolute atomic E-state index is 13.1. The van der Waals surface area contributed by atoms with Gasteiger partial charge in [0, 0.05) is 13.1 Å². The van der Waals surface area contributed by atoms with E-state index in [0.717, 1.165) is 30.9 Å². The summed E-state index contributed by atoms with van der Waals surface area (Å²) in [6.45, 7) is 2.01. The van der Waals surface area contributed by atoms with Crippen LogP contribution in [0, 0.1) is 5.82 Å². The Kier molecular flexibility index (Phi) is 7.15. The van der Waals surface area contributed by atoms with Crippen LogP contribution in [0.1, 0.15) is 12.0 Å². The monoisotopic (exact) mass is 326 g/mol. The average Bonchev–Trinajstić information content (AvgIpc) is 3.31. The van der Waals surface area contributed by atoms with Gasteiger partial charge in [-0.05, 0) is 42.5 Å². The summed E-state index contributed by atoms with van der Waals surface area (Å²) in [4.78, 5) is 12.2. The van der Waals surface area contributed by atoms with Crippen molar-refractivity contribution in [3.8, 4) is 0 Å². The molecule has 1 saturated heterocycles. The molecule has 1 aliphatic heterocycles. The van der Waals surface area contributed by atoms with Crippen molar-refractivity contribution in [2.75, 3.05) is 31.7 Å². The number of ether oxygens (including phenoxy) is 1. The van der Waals surface area contributed by atoms with Crippen molar-refractivity contribution in [3.63, 3.8) is 0 Å². The first kappa shape index (κ1) is 17.2. The van der Waals surface area contributed by atoms with E-state index in [1.54, 1.807) is 17.8 Å². The molecule has 1 amide bonds. The fraction of sp³-hybridized carbons (Fsp3) is 0.562. The highest BCUT2D eigenvalue weighted by Crippen LogP contribution is 2.08. The van der Waals surface area contributed by atoms with Crippen molar-refractivity contribution >= 4 is 17.7 Å². The van der Waals surface area contributed by atoms with Crippen LogP contribution in [0.2, 0.25) is 0 Å². The molecule has 1 aromatic rings. The van der Waals surface area contributed by atoms with Gasteiger partial charge in [0.1, 0.15) is 5.82 Å². The Hall–Kier alpha value is -1.11. The van der Waals surface area contributed by atoms with Crippen molar-refractivity contribution in [2.45, 2.75) is 25.0 Å². The number of rotatable bonds is 10. The number of epoxide rings is 1. The lowest BCUT2D eigenvalue weighted by molar-refractivity contribution is -0.123. The van der Waals surface area contributed by atoms with E-state index in [1.807, 2.05) is 12.3 Å². The van der Waals surface area contributed by atoms with Gasteiger partial charge in [-0.3, -0.25) is 4.79 Å². The zero-order valence-electron chi connectivity index (χ0n) is 12.8. The second kappa shape index (κ2) is 9.12. The predicted octanol–water partition coefficient (Wildman–Crippen LogP) is 1.59. The van der Waals surface area contributed by atoms with Gasteiger partial charge in [-0.25, -0.2) is 4.39 Å². The molecule has 6 heteroatoms. The third kappa shape index (κ3) is 6.34. The largest absolute Gasteiger partial charge is 0.372 e. The highest BCUT2D eigenvalue weighted by Gasteiger charge is 2.25. The molecule has 1 aromatic carbocycles. The lowest BCUT2D eigenvalue weighted by atomic mass is 10.1. The second-order valence-electron chi connectivity index (χ2n) is 5.37. The van der Waals surface area contributed by atoms with E-state index in [4.69, 9.17) is 4.74 Å². The van der Waals surface area contributed by atoms with Crippen molar-refractivity contribution in [3.05, 3.63) is 35.6 Å². The lowest BCUT2D eigenvalue weighted by Gasteiger charge is -2.17. The summed E-state index contributed by atoms with van der Waals surface area (Å²) in [7, 11) is 0. The fourth-order valence-electron chi connectivity index (χ4n) is 2.17. The van der Waals surface area contributed by atoms with Crippen LogP contribution in [0.25, 0.3) is 0 Å². The normalized spacial score (nSPS) is 18.0. The van der Waals surface area contributed by atoms with Crippen molar-refractivity contribution in [2.24, 2.45) is 0 Å². The minimum absolute atomic E-state index is 0.00565. The molecule has 1 fully saturated rings. The van der Waals surface area contributed by atoms with Crippen molar-refractivity contribution in [1.29, 1.82) is 0 Å². The van der Waals surface area contributed by atoms with Crippen LogP contribution in [0.3, 0.4) is 0 Å². The van der Waals surface area contributed by atoms with E-state index in [1.165, 1.54) is 12.1 Å². The molecule has 2 N–H and O–H groups in total. The number of thioether (sulfide) groups is 1. The van der Waals surface area contributed by atoms with Crippen LogP contribution in [-0.4, -0.2) is 49.8 Å². The van der Waals surface area contributed by atoms with Gasteiger partial charge in [0.25, 0.3) is 0 Å². The molecular weight excluding hydrogens is 303 g/mol. The molecule has 0 saturated carbocycles. The predicted molar refractivity (Wildman–Crippen MR) is 87.6 cm³/mol. The molecular formula is C16H23FN2O2S. The summed E-state index contributed by atoms with van der Waals surface area (Å²) in [5.74, 6) is 0.694. The van der Waals surface area contributed by atoms with E-state index >= 15 is 0 Å². The van der Waals surface area contributed by atoms with Crippen molar-refractivity contribution in [1.82, 2.24) is 10.6 Å². The summed E-state index contributed by atoms with van der Waals surface area (Å²) < 4.78 is 18.2. The molecule has 0 bridgehead atoms. The van der Waals surface area contributed by atoms with E-state index in [0.29, 0.717) is 13.0 Å². The van der Waals surface area contributed by atoms with E-state index in [2.05, 4.69) is 10.6 Å². The van der Waals surface area contributed by atoms with Crippen LogP contribution in [-0.2, 0) is 16.0 Å². The molecule has 122 valence electrons. The minimum Gasteiger partial charge on any atom is -0.372 e. The number of carbonyl (C=O) groups is 1. The highest BCUT2D eigenvalue weighted by atomic mass is 32.2. The first-order chi connectivity index (χ1) is 10.7. The molecule has 0 spiro atoms. The van der Waals surface area contributed by atoms with Gasteiger partial charge in [0.15, 0.2) is 0 Å². The number of carbonyl (C=O) groups excluding carboxylic acids is 1. The SMILES string of the molecule is CSCCC(NCC1CO1)C(=O)NCCc1cccc(F)c1. The first-order valence-electron chi connectivity index (χ1n) is 7.55. The maximum Gasteiger partial charge on any atom is 0.237 e.